The van der Waals surface area contributed by atoms with Crippen LogP contribution in [-0.2, 0) is 4.79 Å². The summed E-state index contributed by atoms with van der Waals surface area (Å²) in [6, 6.07) is 13.9. The highest BCUT2D eigenvalue weighted by Gasteiger charge is 2.12. The van der Waals surface area contributed by atoms with Crippen LogP contribution < -0.4 is 5.32 Å². The first kappa shape index (κ1) is 19.6. The number of nitrogens with one attached hydrogen (secondary N) is 2. The zero-order valence-corrected chi connectivity index (χ0v) is 17.8. The van der Waals surface area contributed by atoms with Gasteiger partial charge in [0.25, 0.3) is 0 Å². The van der Waals surface area contributed by atoms with E-state index in [-0.39, 0.29) is 11.7 Å². The minimum atomic E-state index is -0.0779. The van der Waals surface area contributed by atoms with Crippen molar-refractivity contribution >= 4 is 39.3 Å². The number of aryl methyl sites for hydroxylation is 1. The average molecular weight is 445 g/mol. The molecule has 0 saturated heterocycles. The van der Waals surface area contributed by atoms with Gasteiger partial charge in [-0.05, 0) is 36.6 Å². The summed E-state index contributed by atoms with van der Waals surface area (Å²) in [5, 5.41) is 10.7. The summed E-state index contributed by atoms with van der Waals surface area (Å²) >= 11 is 4.79. The largest absolute Gasteiger partial charge is 0.325 e. The third kappa shape index (κ3) is 5.20. The molecule has 2 N–H and O–H groups in total. The Balaban J connectivity index is 1.61. The number of benzene rings is 2. The van der Waals surface area contributed by atoms with Crippen LogP contribution in [0.1, 0.15) is 30.9 Å². The fraction of sp³-hybridized carbons (Fsp3) is 0.250. The Hall–Kier alpha value is -2.12. The van der Waals surface area contributed by atoms with Crippen molar-refractivity contribution in [3.63, 3.8) is 0 Å². The van der Waals surface area contributed by atoms with E-state index >= 15 is 0 Å². The van der Waals surface area contributed by atoms with Gasteiger partial charge in [0, 0.05) is 15.7 Å². The van der Waals surface area contributed by atoms with Crippen LogP contribution >= 0.6 is 27.7 Å². The van der Waals surface area contributed by atoms with Crippen LogP contribution in [-0.4, -0.2) is 26.8 Å². The maximum Gasteiger partial charge on any atom is 0.234 e. The number of hydrogen-bond acceptors (Lipinski definition) is 4. The van der Waals surface area contributed by atoms with E-state index in [1.807, 2.05) is 49.4 Å². The molecule has 5 nitrogen and oxygen atoms in total. The van der Waals surface area contributed by atoms with E-state index in [1.54, 1.807) is 0 Å². The molecule has 0 aliphatic carbocycles. The zero-order valence-electron chi connectivity index (χ0n) is 15.4. The van der Waals surface area contributed by atoms with Crippen molar-refractivity contribution in [1.82, 2.24) is 15.2 Å². The minimum Gasteiger partial charge on any atom is -0.325 e. The Labute approximate surface area is 171 Å². The molecule has 0 saturated carbocycles. The van der Waals surface area contributed by atoms with E-state index in [4.69, 9.17) is 0 Å². The van der Waals surface area contributed by atoms with E-state index < -0.39 is 0 Å². The summed E-state index contributed by atoms with van der Waals surface area (Å²) in [7, 11) is 0. The minimum absolute atomic E-state index is 0.0779. The molecule has 27 heavy (non-hydrogen) atoms. The maximum atomic E-state index is 12.4. The normalized spacial score (nSPS) is 11.0. The number of carbonyl (C=O) groups excluding carboxylic acids is 1. The van der Waals surface area contributed by atoms with Gasteiger partial charge in [-0.2, -0.15) is 0 Å². The van der Waals surface area contributed by atoms with Gasteiger partial charge in [-0.1, -0.05) is 71.4 Å². The number of anilines is 1. The number of nitrogens with zero attached hydrogens (tertiary/aromatic N) is 2. The fourth-order valence-corrected chi connectivity index (χ4v) is 3.57. The van der Waals surface area contributed by atoms with Crippen LogP contribution in [0.2, 0.25) is 0 Å². The predicted octanol–water partition coefficient (Wildman–Crippen LogP) is 5.40. The first-order valence-corrected chi connectivity index (χ1v) is 10.4. The van der Waals surface area contributed by atoms with Crippen molar-refractivity contribution in [2.24, 2.45) is 0 Å². The van der Waals surface area contributed by atoms with Crippen molar-refractivity contribution in [2.45, 2.75) is 31.8 Å². The summed E-state index contributed by atoms with van der Waals surface area (Å²) in [6.45, 7) is 6.25. The smallest absolute Gasteiger partial charge is 0.234 e. The fourth-order valence-electron chi connectivity index (χ4n) is 2.59. The Morgan fingerprint density at radius 1 is 1.22 bits per heavy atom. The Morgan fingerprint density at radius 2 is 1.96 bits per heavy atom. The van der Waals surface area contributed by atoms with Gasteiger partial charge in [0.05, 0.1) is 5.75 Å². The third-order valence-electron chi connectivity index (χ3n) is 4.03. The van der Waals surface area contributed by atoms with Crippen molar-refractivity contribution in [3.8, 4) is 11.4 Å². The number of hydrogen-bond donors (Lipinski definition) is 2. The van der Waals surface area contributed by atoms with E-state index in [1.165, 1.54) is 17.3 Å². The Morgan fingerprint density at radius 3 is 2.67 bits per heavy atom. The van der Waals surface area contributed by atoms with Gasteiger partial charge in [-0.3, -0.25) is 9.89 Å². The van der Waals surface area contributed by atoms with Crippen LogP contribution in [0.25, 0.3) is 11.4 Å². The Kier molecular flexibility index (Phi) is 6.34. The molecule has 0 bridgehead atoms. The Bertz CT molecular complexity index is 937. The first-order valence-electron chi connectivity index (χ1n) is 8.64. The monoisotopic (exact) mass is 444 g/mol. The molecule has 0 aliphatic heterocycles. The molecule has 0 atom stereocenters. The highest BCUT2D eigenvalue weighted by Crippen LogP contribution is 2.28. The molecule has 140 valence electrons. The number of carbonyl (C=O) groups is 1. The summed E-state index contributed by atoms with van der Waals surface area (Å²) in [6.07, 6.45) is 0. The van der Waals surface area contributed by atoms with Crippen LogP contribution in [0.4, 0.5) is 5.69 Å². The standard InChI is InChI=1S/C20H21BrN4OS/c1-12(2)16-10-15(21)8-9-17(16)22-18(26)11-27-20-23-19(24-25-20)14-6-4-13(3)5-7-14/h4-10,12H,11H2,1-3H3,(H,22,26)(H,23,24,25). The van der Waals surface area contributed by atoms with Crippen molar-refractivity contribution in [2.75, 3.05) is 11.1 Å². The van der Waals surface area contributed by atoms with Gasteiger partial charge in [-0.15, -0.1) is 5.10 Å². The number of aromatic nitrogens is 3. The van der Waals surface area contributed by atoms with E-state index in [9.17, 15) is 4.79 Å². The third-order valence-corrected chi connectivity index (χ3v) is 5.37. The lowest BCUT2D eigenvalue weighted by Gasteiger charge is -2.14. The van der Waals surface area contributed by atoms with Gasteiger partial charge in [-0.25, -0.2) is 4.98 Å². The lowest BCUT2D eigenvalue weighted by molar-refractivity contribution is -0.113. The van der Waals surface area contributed by atoms with Gasteiger partial charge < -0.3 is 5.32 Å². The molecule has 0 fully saturated rings. The van der Waals surface area contributed by atoms with Gasteiger partial charge in [0.2, 0.25) is 11.1 Å². The predicted molar refractivity (Wildman–Crippen MR) is 114 cm³/mol. The summed E-state index contributed by atoms with van der Waals surface area (Å²) < 4.78 is 1.00. The molecule has 1 aromatic heterocycles. The number of aromatic amines is 1. The number of amides is 1. The van der Waals surface area contributed by atoms with Gasteiger partial charge in [0.1, 0.15) is 0 Å². The number of thioether (sulfide) groups is 1. The SMILES string of the molecule is Cc1ccc(-c2nc(SCC(=O)Nc3ccc(Br)cc3C(C)C)n[nH]2)cc1. The van der Waals surface area contributed by atoms with Gasteiger partial charge in [0.15, 0.2) is 5.82 Å². The quantitative estimate of drug-likeness (QED) is 0.499. The molecule has 2 aromatic carbocycles. The van der Waals surface area contributed by atoms with Crippen LogP contribution in [0, 0.1) is 6.92 Å². The second-order valence-electron chi connectivity index (χ2n) is 6.56. The van der Waals surface area contributed by atoms with Crippen LogP contribution in [0.15, 0.2) is 52.1 Å². The molecule has 0 unspecified atom stereocenters. The molecule has 3 aromatic rings. The van der Waals surface area contributed by atoms with Crippen molar-refractivity contribution in [3.05, 3.63) is 58.1 Å². The number of halogens is 1. The van der Waals surface area contributed by atoms with Crippen LogP contribution in [0.5, 0.6) is 0 Å². The summed E-state index contributed by atoms with van der Waals surface area (Å²) in [5.41, 5.74) is 4.11. The highest BCUT2D eigenvalue weighted by molar-refractivity contribution is 9.10. The molecule has 1 heterocycles. The summed E-state index contributed by atoms with van der Waals surface area (Å²) in [5.74, 6) is 1.19. The van der Waals surface area contributed by atoms with E-state index in [0.717, 1.165) is 21.3 Å². The highest BCUT2D eigenvalue weighted by atomic mass is 79.9. The molecule has 7 heteroatoms. The second-order valence-corrected chi connectivity index (χ2v) is 8.41. The maximum absolute atomic E-state index is 12.4. The van der Waals surface area contributed by atoms with Gasteiger partial charge >= 0.3 is 0 Å². The topological polar surface area (TPSA) is 70.7 Å². The lowest BCUT2D eigenvalue weighted by atomic mass is 10.0. The zero-order chi connectivity index (χ0) is 19.4. The first-order chi connectivity index (χ1) is 12.9. The van der Waals surface area contributed by atoms with E-state index in [0.29, 0.717) is 16.9 Å². The van der Waals surface area contributed by atoms with Crippen molar-refractivity contribution in [1.29, 1.82) is 0 Å². The van der Waals surface area contributed by atoms with E-state index in [2.05, 4.69) is 50.3 Å². The average Bonchev–Trinajstić information content (AvgIpc) is 3.11. The molecule has 0 radical (unpaired) electrons. The number of H-pyrrole nitrogens is 1. The molecule has 3 rings (SSSR count). The van der Waals surface area contributed by atoms with Crippen molar-refractivity contribution < 1.29 is 4.79 Å². The molecule has 1 amide bonds. The molecular formula is C20H21BrN4OS. The summed E-state index contributed by atoms with van der Waals surface area (Å²) in [4.78, 5) is 16.8. The molecule has 0 aliphatic rings. The van der Waals surface area contributed by atoms with Crippen LogP contribution in [0.3, 0.4) is 0 Å². The molecular weight excluding hydrogens is 424 g/mol. The number of rotatable bonds is 6. The second kappa shape index (κ2) is 8.71. The lowest BCUT2D eigenvalue weighted by Crippen LogP contribution is -2.15. The molecule has 0 spiro atoms.